The number of amides is 1. The minimum absolute atomic E-state index is 0.0151. The molecule has 9 heteroatoms. The molecule has 4 heterocycles. The monoisotopic (exact) mass is 549 g/mol. The van der Waals surface area contributed by atoms with Crippen molar-refractivity contribution in [2.75, 3.05) is 43.2 Å². The number of aromatic nitrogens is 3. The zero-order valence-corrected chi connectivity index (χ0v) is 23.7. The van der Waals surface area contributed by atoms with E-state index in [0.29, 0.717) is 55.7 Å². The predicted molar refractivity (Wildman–Crippen MR) is 161 cm³/mol. The molecule has 1 aliphatic heterocycles. The van der Waals surface area contributed by atoms with Gasteiger partial charge in [-0.1, -0.05) is 25.3 Å². The van der Waals surface area contributed by atoms with E-state index in [4.69, 9.17) is 9.72 Å². The Morgan fingerprint density at radius 3 is 2.32 bits per heavy atom. The van der Waals surface area contributed by atoms with Crippen molar-refractivity contribution in [3.05, 3.63) is 78.3 Å². The minimum atomic E-state index is -0.0151. The lowest BCUT2D eigenvalue weighted by Crippen LogP contribution is -2.54. The van der Waals surface area contributed by atoms with Crippen molar-refractivity contribution in [2.24, 2.45) is 0 Å². The summed E-state index contributed by atoms with van der Waals surface area (Å²) in [6.07, 6.45) is 9.46. The summed E-state index contributed by atoms with van der Waals surface area (Å²) < 4.78 is 5.09. The van der Waals surface area contributed by atoms with Crippen molar-refractivity contribution in [2.45, 2.75) is 38.1 Å². The molecule has 2 aliphatic rings. The summed E-state index contributed by atoms with van der Waals surface area (Å²) in [7, 11) is 1.60. The fourth-order valence-electron chi connectivity index (χ4n) is 5.25. The highest BCUT2D eigenvalue weighted by atomic mass is 16.5. The van der Waals surface area contributed by atoms with Crippen LogP contribution in [-0.2, 0) is 9.53 Å². The zero-order chi connectivity index (χ0) is 28.9. The molecule has 1 saturated carbocycles. The quantitative estimate of drug-likeness (QED) is 0.329. The van der Waals surface area contributed by atoms with Crippen molar-refractivity contribution in [3.63, 3.8) is 0 Å². The smallest absolute Gasteiger partial charge is 0.225 e. The average molecular weight is 550 g/mol. The van der Waals surface area contributed by atoms with E-state index < -0.39 is 0 Å². The van der Waals surface area contributed by atoms with Crippen LogP contribution in [0.4, 0.5) is 23.1 Å². The second-order valence-corrected chi connectivity index (χ2v) is 10.4. The van der Waals surface area contributed by atoms with E-state index in [9.17, 15) is 10.1 Å². The first kappa shape index (κ1) is 28.0. The van der Waals surface area contributed by atoms with Gasteiger partial charge in [0.05, 0.1) is 30.0 Å². The first-order valence-corrected chi connectivity index (χ1v) is 13.9. The van der Waals surface area contributed by atoms with Gasteiger partial charge in [0, 0.05) is 51.1 Å². The maximum Gasteiger partial charge on any atom is 0.225 e. The molecule has 2 fully saturated rings. The van der Waals surface area contributed by atoms with Gasteiger partial charge in [-0.25, -0.2) is 15.0 Å². The fourth-order valence-corrected chi connectivity index (χ4v) is 5.25. The van der Waals surface area contributed by atoms with Crippen molar-refractivity contribution in [1.29, 1.82) is 5.26 Å². The van der Waals surface area contributed by atoms with Gasteiger partial charge in [-0.3, -0.25) is 9.69 Å². The average Bonchev–Trinajstić information content (AvgIpc) is 3.85. The highest BCUT2D eigenvalue weighted by Gasteiger charge is 2.35. The third kappa shape index (κ3) is 5.98. The van der Waals surface area contributed by atoms with Gasteiger partial charge in [0.15, 0.2) is 0 Å². The van der Waals surface area contributed by atoms with Gasteiger partial charge in [0.2, 0.25) is 5.91 Å². The number of anilines is 4. The summed E-state index contributed by atoms with van der Waals surface area (Å²) in [5.74, 6) is 2.34. The van der Waals surface area contributed by atoms with E-state index in [2.05, 4.69) is 34.1 Å². The molecule has 0 unspecified atom stereocenters. The molecule has 0 N–H and O–H groups in total. The van der Waals surface area contributed by atoms with Gasteiger partial charge in [-0.05, 0) is 61.2 Å². The molecule has 5 rings (SSSR count). The van der Waals surface area contributed by atoms with Gasteiger partial charge in [0.1, 0.15) is 23.5 Å². The molecule has 3 aromatic rings. The molecular weight excluding hydrogens is 514 g/mol. The summed E-state index contributed by atoms with van der Waals surface area (Å²) in [5.41, 5.74) is 4.02. The molecule has 1 amide bonds. The molecule has 1 aliphatic carbocycles. The first-order valence-electron chi connectivity index (χ1n) is 13.9. The number of nitrogens with zero attached hydrogens (tertiary/aromatic N) is 7. The third-order valence-electron chi connectivity index (χ3n) is 7.57. The minimum Gasteiger partial charge on any atom is -0.384 e. The van der Waals surface area contributed by atoms with Crippen molar-refractivity contribution in [1.82, 2.24) is 19.9 Å². The number of rotatable bonds is 10. The van der Waals surface area contributed by atoms with Gasteiger partial charge in [0.25, 0.3) is 0 Å². The largest absolute Gasteiger partial charge is 0.384 e. The number of nitriles is 1. The van der Waals surface area contributed by atoms with Crippen LogP contribution in [0.2, 0.25) is 0 Å². The third-order valence-corrected chi connectivity index (χ3v) is 7.57. The lowest BCUT2D eigenvalue weighted by atomic mass is 10.1. The molecule has 3 aromatic heterocycles. The Labute approximate surface area is 241 Å². The highest BCUT2D eigenvalue weighted by molar-refractivity contribution is 5.79. The maximum atomic E-state index is 12.7. The predicted octanol–water partition coefficient (Wildman–Crippen LogP) is 5.45. The number of piperazine rings is 1. The molecule has 0 aromatic carbocycles. The summed E-state index contributed by atoms with van der Waals surface area (Å²) in [5, 5.41) is 10.3. The lowest BCUT2D eigenvalue weighted by molar-refractivity contribution is -0.134. The molecule has 0 radical (unpaired) electrons. The Balaban J connectivity index is 1.58. The molecule has 1 atom stereocenters. The second-order valence-electron chi connectivity index (χ2n) is 10.4. The van der Waals surface area contributed by atoms with Crippen LogP contribution in [0.1, 0.15) is 54.5 Å². The Morgan fingerprint density at radius 2 is 1.78 bits per heavy atom. The maximum absolute atomic E-state index is 12.7. The van der Waals surface area contributed by atoms with Crippen molar-refractivity contribution < 1.29 is 9.53 Å². The van der Waals surface area contributed by atoms with Gasteiger partial charge < -0.3 is 14.5 Å². The van der Waals surface area contributed by atoms with Gasteiger partial charge in [-0.2, -0.15) is 5.26 Å². The van der Waals surface area contributed by atoms with Crippen LogP contribution in [0.5, 0.6) is 0 Å². The van der Waals surface area contributed by atoms with Crippen LogP contribution >= 0.6 is 0 Å². The standard InChI is InChI=1S/C32H35N7O2/c1-5-23-9-12-34-28(17-23)39(29-18-24(6-2)10-13-35-29)27-19-26(20-33)32(36-31(27)25-7-8-25)37-14-15-38(22(3)21-37)30(40)11-16-41-4/h5-6,9-10,12-13,17-19,22,25H,1-2,7-8,11,14-16,21H2,3-4H3/t22-/m1/s1. The zero-order valence-electron chi connectivity index (χ0n) is 23.7. The Bertz CT molecular complexity index is 1440. The Hall–Kier alpha value is -4.55. The van der Waals surface area contributed by atoms with E-state index in [-0.39, 0.29) is 17.9 Å². The van der Waals surface area contributed by atoms with Gasteiger partial charge >= 0.3 is 0 Å². The SMILES string of the molecule is C=Cc1ccnc(N(c2cc(C=C)ccn2)c2cc(C#N)c(N3CCN(C(=O)CCOC)[C@H](C)C3)nc2C2CC2)c1. The number of hydrogen-bond acceptors (Lipinski definition) is 8. The molecule has 0 bridgehead atoms. The fraction of sp³-hybridized carbons (Fsp3) is 0.344. The van der Waals surface area contributed by atoms with Crippen LogP contribution in [0.25, 0.3) is 12.2 Å². The number of hydrogen-bond donors (Lipinski definition) is 0. The topological polar surface area (TPSA) is 98.5 Å². The van der Waals surface area contributed by atoms with E-state index in [1.54, 1.807) is 31.7 Å². The summed E-state index contributed by atoms with van der Waals surface area (Å²) in [4.78, 5) is 33.3. The number of carbonyl (C=O) groups excluding carboxylic acids is 1. The molecule has 210 valence electrons. The number of ether oxygens (including phenoxy) is 1. The molecule has 9 nitrogen and oxygen atoms in total. The van der Waals surface area contributed by atoms with E-state index >= 15 is 0 Å². The summed E-state index contributed by atoms with van der Waals surface area (Å²) >= 11 is 0. The van der Waals surface area contributed by atoms with Crippen LogP contribution in [-0.4, -0.2) is 65.2 Å². The van der Waals surface area contributed by atoms with E-state index in [0.717, 1.165) is 35.3 Å². The number of pyridine rings is 3. The van der Waals surface area contributed by atoms with E-state index in [1.807, 2.05) is 47.1 Å². The molecule has 41 heavy (non-hydrogen) atoms. The van der Waals surface area contributed by atoms with Crippen molar-refractivity contribution in [3.8, 4) is 6.07 Å². The Morgan fingerprint density at radius 1 is 1.12 bits per heavy atom. The van der Waals surface area contributed by atoms with Crippen LogP contribution in [0.3, 0.4) is 0 Å². The first-order chi connectivity index (χ1) is 20.0. The normalized spacial score (nSPS) is 16.7. The summed E-state index contributed by atoms with van der Waals surface area (Å²) in [6, 6.07) is 12.0. The Kier molecular flexibility index (Phi) is 8.41. The van der Waals surface area contributed by atoms with Crippen LogP contribution in [0, 0.1) is 11.3 Å². The van der Waals surface area contributed by atoms with Crippen molar-refractivity contribution >= 4 is 41.2 Å². The molecular formula is C32H35N7O2. The number of carbonyl (C=O) groups is 1. The van der Waals surface area contributed by atoms with Crippen LogP contribution < -0.4 is 9.80 Å². The summed E-state index contributed by atoms with van der Waals surface area (Å²) in [6.45, 7) is 12.1. The van der Waals surface area contributed by atoms with Crippen LogP contribution in [0.15, 0.2) is 55.9 Å². The number of methoxy groups -OCH3 is 1. The highest BCUT2D eigenvalue weighted by Crippen LogP contribution is 2.47. The molecule has 1 saturated heterocycles. The second kappa shape index (κ2) is 12.3. The molecule has 0 spiro atoms. The van der Waals surface area contributed by atoms with Gasteiger partial charge in [-0.15, -0.1) is 0 Å². The van der Waals surface area contributed by atoms with E-state index in [1.165, 1.54) is 0 Å². The lowest BCUT2D eigenvalue weighted by Gasteiger charge is -2.41.